The molecule has 0 unspecified atom stereocenters. The number of hydrazone groups is 1. The summed E-state index contributed by atoms with van der Waals surface area (Å²) in [6.07, 6.45) is 1.32. The molecule has 1 heterocycles. The summed E-state index contributed by atoms with van der Waals surface area (Å²) in [7, 11) is 1.55. The number of nitro groups is 1. The molecule has 0 saturated carbocycles. The number of nitrogens with zero attached hydrogens (tertiary/aromatic N) is 3. The number of ether oxygens (including phenoxy) is 2. The van der Waals surface area contributed by atoms with E-state index in [1.807, 2.05) is 36.4 Å². The van der Waals surface area contributed by atoms with Crippen molar-refractivity contribution in [1.82, 2.24) is 15.6 Å². The number of methoxy groups -OCH3 is 1. The average molecular weight is 471 g/mol. The van der Waals surface area contributed by atoms with E-state index in [2.05, 4.69) is 20.7 Å². The number of benzene rings is 3. The molecule has 3 aromatic carbocycles. The number of aromatic amines is 1. The molecule has 176 valence electrons. The SMILES string of the molecule is COc1cc(-c2cc(C(=O)N/N=C/c3cccc([N+](=O)[O-])c3)[nH]n2)ccc1OCc1ccccc1. The molecule has 2 N–H and O–H groups in total. The first-order chi connectivity index (χ1) is 17.0. The van der Waals surface area contributed by atoms with Crippen molar-refractivity contribution in [3.05, 3.63) is 106 Å². The van der Waals surface area contributed by atoms with E-state index in [4.69, 9.17) is 9.47 Å². The second-order valence-electron chi connectivity index (χ2n) is 7.36. The van der Waals surface area contributed by atoms with Crippen molar-refractivity contribution in [3.63, 3.8) is 0 Å². The van der Waals surface area contributed by atoms with Gasteiger partial charge < -0.3 is 9.47 Å². The van der Waals surface area contributed by atoms with Crippen LogP contribution in [0.5, 0.6) is 11.5 Å². The lowest BCUT2D eigenvalue weighted by atomic mass is 10.1. The van der Waals surface area contributed by atoms with Gasteiger partial charge in [-0.15, -0.1) is 0 Å². The molecular weight excluding hydrogens is 450 g/mol. The van der Waals surface area contributed by atoms with Crippen molar-refractivity contribution < 1.29 is 19.2 Å². The van der Waals surface area contributed by atoms with E-state index in [0.717, 1.165) is 11.1 Å². The van der Waals surface area contributed by atoms with Gasteiger partial charge >= 0.3 is 0 Å². The second kappa shape index (κ2) is 10.8. The highest BCUT2D eigenvalue weighted by molar-refractivity contribution is 5.94. The van der Waals surface area contributed by atoms with Gasteiger partial charge in [-0.25, -0.2) is 5.43 Å². The van der Waals surface area contributed by atoms with Gasteiger partial charge in [0.1, 0.15) is 12.3 Å². The summed E-state index contributed by atoms with van der Waals surface area (Å²) in [4.78, 5) is 22.8. The Morgan fingerprint density at radius 3 is 2.69 bits per heavy atom. The van der Waals surface area contributed by atoms with E-state index >= 15 is 0 Å². The zero-order chi connectivity index (χ0) is 24.6. The van der Waals surface area contributed by atoms with Crippen molar-refractivity contribution in [2.45, 2.75) is 6.61 Å². The third-order valence-electron chi connectivity index (χ3n) is 4.98. The quantitative estimate of drug-likeness (QED) is 0.212. The Balaban J connectivity index is 1.41. The minimum absolute atomic E-state index is 0.0644. The molecule has 4 rings (SSSR count). The summed E-state index contributed by atoms with van der Waals surface area (Å²) in [5.41, 5.74) is 5.27. The topological polar surface area (TPSA) is 132 Å². The number of rotatable bonds is 9. The summed E-state index contributed by atoms with van der Waals surface area (Å²) < 4.78 is 11.3. The van der Waals surface area contributed by atoms with Gasteiger partial charge in [-0.2, -0.15) is 10.2 Å². The number of hydrogen-bond acceptors (Lipinski definition) is 7. The van der Waals surface area contributed by atoms with Crippen LogP contribution in [0.4, 0.5) is 5.69 Å². The molecule has 0 bridgehead atoms. The molecule has 0 spiro atoms. The summed E-state index contributed by atoms with van der Waals surface area (Å²) >= 11 is 0. The molecular formula is C25H21N5O5. The van der Waals surface area contributed by atoms with Crippen LogP contribution in [0.3, 0.4) is 0 Å². The average Bonchev–Trinajstić information content (AvgIpc) is 3.39. The minimum Gasteiger partial charge on any atom is -0.493 e. The third-order valence-corrected chi connectivity index (χ3v) is 4.98. The van der Waals surface area contributed by atoms with Gasteiger partial charge in [0, 0.05) is 23.3 Å². The monoisotopic (exact) mass is 471 g/mol. The number of amides is 1. The van der Waals surface area contributed by atoms with Crippen molar-refractivity contribution in [2.75, 3.05) is 7.11 Å². The van der Waals surface area contributed by atoms with Crippen LogP contribution in [0, 0.1) is 10.1 Å². The summed E-state index contributed by atoms with van der Waals surface area (Å²) in [6.45, 7) is 0.403. The fourth-order valence-corrected chi connectivity index (χ4v) is 3.21. The maximum Gasteiger partial charge on any atom is 0.289 e. The van der Waals surface area contributed by atoms with Gasteiger partial charge in [-0.3, -0.25) is 20.0 Å². The van der Waals surface area contributed by atoms with Crippen molar-refractivity contribution >= 4 is 17.8 Å². The Hall–Kier alpha value is -4.99. The van der Waals surface area contributed by atoms with Crippen LogP contribution in [0.15, 0.2) is 84.0 Å². The van der Waals surface area contributed by atoms with E-state index in [9.17, 15) is 14.9 Å². The summed E-state index contributed by atoms with van der Waals surface area (Å²) in [5.74, 6) is 0.610. The number of aromatic nitrogens is 2. The number of nitrogens with one attached hydrogen (secondary N) is 2. The fraction of sp³-hybridized carbons (Fsp3) is 0.0800. The van der Waals surface area contributed by atoms with Crippen molar-refractivity contribution in [3.8, 4) is 22.8 Å². The zero-order valence-electron chi connectivity index (χ0n) is 18.7. The van der Waals surface area contributed by atoms with Gasteiger partial charge in [0.2, 0.25) is 0 Å². The smallest absolute Gasteiger partial charge is 0.289 e. The van der Waals surface area contributed by atoms with Gasteiger partial charge in [0.05, 0.1) is 23.9 Å². The van der Waals surface area contributed by atoms with E-state index in [1.54, 1.807) is 31.4 Å². The highest BCUT2D eigenvalue weighted by Gasteiger charge is 2.13. The Morgan fingerprint density at radius 1 is 1.09 bits per heavy atom. The van der Waals surface area contributed by atoms with Crippen LogP contribution in [-0.4, -0.2) is 34.4 Å². The second-order valence-corrected chi connectivity index (χ2v) is 7.36. The van der Waals surface area contributed by atoms with Crippen LogP contribution in [0.25, 0.3) is 11.3 Å². The van der Waals surface area contributed by atoms with E-state index < -0.39 is 10.8 Å². The predicted molar refractivity (Wildman–Crippen MR) is 130 cm³/mol. The number of H-pyrrole nitrogens is 1. The van der Waals surface area contributed by atoms with Gasteiger partial charge in [0.15, 0.2) is 11.5 Å². The van der Waals surface area contributed by atoms with Gasteiger partial charge in [-0.05, 0) is 29.8 Å². The first-order valence-corrected chi connectivity index (χ1v) is 10.5. The number of carbonyl (C=O) groups excluding carboxylic acids is 1. The van der Waals surface area contributed by atoms with Crippen LogP contribution in [0.1, 0.15) is 21.6 Å². The third kappa shape index (κ3) is 5.88. The first-order valence-electron chi connectivity index (χ1n) is 10.5. The summed E-state index contributed by atoms with van der Waals surface area (Å²) in [5, 5.41) is 21.6. The van der Waals surface area contributed by atoms with Crippen LogP contribution in [-0.2, 0) is 6.61 Å². The normalized spacial score (nSPS) is 10.8. The van der Waals surface area contributed by atoms with Crippen LogP contribution >= 0.6 is 0 Å². The Kier molecular flexibility index (Phi) is 7.12. The van der Waals surface area contributed by atoms with Gasteiger partial charge in [-0.1, -0.05) is 42.5 Å². The lowest BCUT2D eigenvalue weighted by molar-refractivity contribution is -0.384. The van der Waals surface area contributed by atoms with Crippen LogP contribution < -0.4 is 14.9 Å². The standard InChI is InChI=1S/C25H21N5O5/c1-34-24-13-19(10-11-23(24)35-16-17-6-3-2-4-7-17)21-14-22(28-27-21)25(31)29-26-15-18-8-5-9-20(12-18)30(32)33/h2-15H,16H2,1H3,(H,27,28)(H,29,31)/b26-15+. The Labute approximate surface area is 200 Å². The molecule has 0 fully saturated rings. The first kappa shape index (κ1) is 23.2. The highest BCUT2D eigenvalue weighted by Crippen LogP contribution is 2.32. The molecule has 4 aromatic rings. The van der Waals surface area contributed by atoms with E-state index in [0.29, 0.717) is 29.4 Å². The molecule has 0 aliphatic carbocycles. The Morgan fingerprint density at radius 2 is 1.91 bits per heavy atom. The molecule has 10 nitrogen and oxygen atoms in total. The van der Waals surface area contributed by atoms with Crippen molar-refractivity contribution in [2.24, 2.45) is 5.10 Å². The molecule has 0 atom stereocenters. The van der Waals surface area contributed by atoms with Gasteiger partial charge in [0.25, 0.3) is 11.6 Å². The molecule has 35 heavy (non-hydrogen) atoms. The largest absolute Gasteiger partial charge is 0.493 e. The fourth-order valence-electron chi connectivity index (χ4n) is 3.21. The highest BCUT2D eigenvalue weighted by atomic mass is 16.6. The van der Waals surface area contributed by atoms with Crippen LogP contribution in [0.2, 0.25) is 0 Å². The number of nitro benzene ring substituents is 1. The molecule has 0 radical (unpaired) electrons. The number of non-ortho nitro benzene ring substituents is 1. The lowest BCUT2D eigenvalue weighted by Crippen LogP contribution is -2.18. The predicted octanol–water partition coefficient (Wildman–Crippen LogP) is 4.34. The maximum atomic E-state index is 12.4. The molecule has 1 amide bonds. The molecule has 1 aromatic heterocycles. The molecule has 0 aliphatic heterocycles. The summed E-state index contributed by atoms with van der Waals surface area (Å²) in [6, 6.07) is 22.7. The van der Waals surface area contributed by atoms with Crippen molar-refractivity contribution in [1.29, 1.82) is 0 Å². The molecule has 0 aliphatic rings. The minimum atomic E-state index is -0.514. The number of hydrogen-bond donors (Lipinski definition) is 2. The van der Waals surface area contributed by atoms with E-state index in [1.165, 1.54) is 24.4 Å². The lowest BCUT2D eigenvalue weighted by Gasteiger charge is -2.11. The Bertz CT molecular complexity index is 1370. The number of carbonyl (C=O) groups is 1. The van der Waals surface area contributed by atoms with E-state index in [-0.39, 0.29) is 11.4 Å². The maximum absolute atomic E-state index is 12.4. The molecule has 10 heteroatoms. The zero-order valence-corrected chi connectivity index (χ0v) is 18.7. The molecule has 0 saturated heterocycles.